The van der Waals surface area contributed by atoms with E-state index in [0.717, 1.165) is 12.1 Å². The molecular formula is C52H40N2. The maximum Gasteiger partial charge on any atom is 0.0541 e. The Balaban J connectivity index is 1.14. The molecule has 0 aliphatic rings. The predicted molar refractivity (Wildman–Crippen MR) is 230 cm³/mol. The zero-order valence-corrected chi connectivity index (χ0v) is 30.4. The number of rotatable bonds is 8. The van der Waals surface area contributed by atoms with Crippen LogP contribution in [0.3, 0.4) is 0 Å². The standard InChI is InChI=1S/C52H40N2/c1-2-3-14-36-23-25-38(26-24-36)42-31-41(37-15-6-4-7-16-37)32-44(33-42)54-50-22-13-11-20-46(50)48-35-40(28-30-52(48)54)39-27-29-51-47(34-39)45-19-10-12-21-49(45)53(51)43-17-8-5-9-18-43/h4-13,15-35H,2-3,14H2,1H3. The van der Waals surface area contributed by atoms with Crippen LogP contribution in [0.25, 0.3) is 88.4 Å². The van der Waals surface area contributed by atoms with Gasteiger partial charge in [0.2, 0.25) is 0 Å². The van der Waals surface area contributed by atoms with Crippen molar-refractivity contribution in [1.82, 2.24) is 9.13 Å². The van der Waals surface area contributed by atoms with Crippen LogP contribution >= 0.6 is 0 Å². The summed E-state index contributed by atoms with van der Waals surface area (Å²) >= 11 is 0. The van der Waals surface area contributed by atoms with Gasteiger partial charge in [-0.25, -0.2) is 0 Å². The van der Waals surface area contributed by atoms with Crippen molar-refractivity contribution in [3.05, 3.63) is 194 Å². The molecule has 0 fully saturated rings. The second kappa shape index (κ2) is 13.4. The van der Waals surface area contributed by atoms with Crippen molar-refractivity contribution in [2.45, 2.75) is 26.2 Å². The van der Waals surface area contributed by atoms with Crippen molar-refractivity contribution in [2.24, 2.45) is 0 Å². The number of hydrogen-bond acceptors (Lipinski definition) is 0. The van der Waals surface area contributed by atoms with Crippen molar-refractivity contribution in [3.8, 4) is 44.8 Å². The highest BCUT2D eigenvalue weighted by atomic mass is 15.0. The van der Waals surface area contributed by atoms with Crippen LogP contribution in [0.5, 0.6) is 0 Å². The van der Waals surface area contributed by atoms with E-state index in [0.29, 0.717) is 0 Å². The van der Waals surface area contributed by atoms with E-state index < -0.39 is 0 Å². The molecule has 10 rings (SSSR count). The Morgan fingerprint density at radius 2 is 0.796 bits per heavy atom. The minimum absolute atomic E-state index is 1.13. The van der Waals surface area contributed by atoms with E-state index in [1.165, 1.54) is 101 Å². The monoisotopic (exact) mass is 692 g/mol. The Labute approximate surface area is 316 Å². The van der Waals surface area contributed by atoms with Gasteiger partial charge < -0.3 is 9.13 Å². The Morgan fingerprint density at radius 1 is 0.333 bits per heavy atom. The Bertz CT molecular complexity index is 2950. The maximum atomic E-state index is 2.46. The van der Waals surface area contributed by atoms with Crippen LogP contribution in [0.15, 0.2) is 188 Å². The molecule has 54 heavy (non-hydrogen) atoms. The van der Waals surface area contributed by atoms with Crippen molar-refractivity contribution >= 4 is 43.6 Å². The van der Waals surface area contributed by atoms with Crippen LogP contribution in [0.2, 0.25) is 0 Å². The molecule has 2 heteroatoms. The number of hydrogen-bond donors (Lipinski definition) is 0. The van der Waals surface area contributed by atoms with E-state index in [1.54, 1.807) is 0 Å². The van der Waals surface area contributed by atoms with E-state index in [4.69, 9.17) is 0 Å². The third-order valence-corrected chi connectivity index (χ3v) is 11.1. The van der Waals surface area contributed by atoms with Crippen molar-refractivity contribution in [1.29, 1.82) is 0 Å². The molecule has 8 aromatic carbocycles. The third kappa shape index (κ3) is 5.50. The molecule has 0 radical (unpaired) electrons. The minimum Gasteiger partial charge on any atom is -0.309 e. The molecule has 0 bridgehead atoms. The molecule has 0 spiro atoms. The molecule has 0 N–H and O–H groups in total. The summed E-state index contributed by atoms with van der Waals surface area (Å²) in [5.74, 6) is 0. The van der Waals surface area contributed by atoms with E-state index >= 15 is 0 Å². The number of unbranched alkanes of at least 4 members (excludes halogenated alkanes) is 1. The normalized spacial score (nSPS) is 11.6. The van der Waals surface area contributed by atoms with Crippen molar-refractivity contribution in [3.63, 3.8) is 0 Å². The third-order valence-electron chi connectivity index (χ3n) is 11.1. The highest BCUT2D eigenvalue weighted by molar-refractivity contribution is 6.12. The molecule has 0 atom stereocenters. The van der Waals surface area contributed by atoms with Gasteiger partial charge in [-0.2, -0.15) is 0 Å². The first-order valence-corrected chi connectivity index (χ1v) is 19.2. The summed E-state index contributed by atoms with van der Waals surface area (Å²) in [6.45, 7) is 2.26. The summed E-state index contributed by atoms with van der Waals surface area (Å²) in [5, 5.41) is 5.03. The Kier molecular flexibility index (Phi) is 7.95. The van der Waals surface area contributed by atoms with E-state index in [1.807, 2.05) is 0 Å². The fraction of sp³-hybridized carbons (Fsp3) is 0.0769. The molecule has 0 saturated carbocycles. The first-order valence-electron chi connectivity index (χ1n) is 19.2. The number of para-hydroxylation sites is 3. The number of aromatic nitrogens is 2. The van der Waals surface area contributed by atoms with Gasteiger partial charge in [-0.3, -0.25) is 0 Å². The first kappa shape index (κ1) is 32.0. The average molecular weight is 693 g/mol. The zero-order chi connectivity index (χ0) is 36.0. The first-order chi connectivity index (χ1) is 26.7. The SMILES string of the molecule is CCCCc1ccc(-c2cc(-c3ccccc3)cc(-n3c4ccccc4c4cc(-c5ccc6c(c5)c5ccccc5n6-c5ccccc5)ccc43)c2)cc1. The topological polar surface area (TPSA) is 9.86 Å². The molecule has 0 unspecified atom stereocenters. The fourth-order valence-electron chi connectivity index (χ4n) is 8.39. The lowest BCUT2D eigenvalue weighted by Crippen LogP contribution is -1.96. The van der Waals surface area contributed by atoms with Gasteiger partial charge in [-0.1, -0.05) is 135 Å². The quantitative estimate of drug-likeness (QED) is 0.150. The second-order valence-corrected chi connectivity index (χ2v) is 14.4. The lowest BCUT2D eigenvalue weighted by atomic mass is 9.96. The van der Waals surface area contributed by atoms with Gasteiger partial charge in [0, 0.05) is 32.9 Å². The molecule has 0 amide bonds. The van der Waals surface area contributed by atoms with Crippen LogP contribution in [-0.4, -0.2) is 9.13 Å². The molecule has 10 aromatic rings. The van der Waals surface area contributed by atoms with Crippen LogP contribution < -0.4 is 0 Å². The molecule has 0 saturated heterocycles. The molecule has 0 aliphatic carbocycles. The molecule has 2 heterocycles. The van der Waals surface area contributed by atoms with E-state index in [2.05, 4.69) is 204 Å². The fourth-order valence-corrected chi connectivity index (χ4v) is 8.39. The number of fused-ring (bicyclic) bond motifs is 6. The predicted octanol–water partition coefficient (Wildman–Crippen LogP) is 14.2. The Morgan fingerprint density at radius 3 is 1.37 bits per heavy atom. The molecular weight excluding hydrogens is 653 g/mol. The summed E-state index contributed by atoms with van der Waals surface area (Å²) in [7, 11) is 0. The highest BCUT2D eigenvalue weighted by Gasteiger charge is 2.17. The zero-order valence-electron chi connectivity index (χ0n) is 30.4. The smallest absolute Gasteiger partial charge is 0.0541 e. The van der Waals surface area contributed by atoms with Gasteiger partial charge in [-0.05, 0) is 119 Å². The van der Waals surface area contributed by atoms with Crippen molar-refractivity contribution < 1.29 is 0 Å². The van der Waals surface area contributed by atoms with Gasteiger partial charge in [0.05, 0.1) is 22.1 Å². The molecule has 2 nitrogen and oxygen atoms in total. The van der Waals surface area contributed by atoms with Gasteiger partial charge in [0.25, 0.3) is 0 Å². The van der Waals surface area contributed by atoms with Crippen LogP contribution in [0, 0.1) is 0 Å². The van der Waals surface area contributed by atoms with Crippen LogP contribution in [0.4, 0.5) is 0 Å². The molecule has 0 aliphatic heterocycles. The van der Waals surface area contributed by atoms with Gasteiger partial charge >= 0.3 is 0 Å². The second-order valence-electron chi connectivity index (χ2n) is 14.4. The molecule has 258 valence electrons. The Hall–Kier alpha value is -6.64. The summed E-state index contributed by atoms with van der Waals surface area (Å²) in [6.07, 6.45) is 3.55. The summed E-state index contributed by atoms with van der Waals surface area (Å²) in [4.78, 5) is 0. The number of benzene rings is 8. The minimum atomic E-state index is 1.13. The lowest BCUT2D eigenvalue weighted by molar-refractivity contribution is 0.795. The van der Waals surface area contributed by atoms with Gasteiger partial charge in [0.15, 0.2) is 0 Å². The lowest BCUT2D eigenvalue weighted by Gasteiger charge is -2.14. The maximum absolute atomic E-state index is 2.46. The largest absolute Gasteiger partial charge is 0.309 e. The summed E-state index contributed by atoms with van der Waals surface area (Å²) < 4.78 is 4.83. The average Bonchev–Trinajstić information content (AvgIpc) is 3.76. The summed E-state index contributed by atoms with van der Waals surface area (Å²) in [6, 6.07) is 69.3. The van der Waals surface area contributed by atoms with Crippen molar-refractivity contribution in [2.75, 3.05) is 0 Å². The molecule has 2 aromatic heterocycles. The summed E-state index contributed by atoms with van der Waals surface area (Å²) in [5.41, 5.74) is 15.9. The number of nitrogens with zero attached hydrogens (tertiary/aromatic N) is 2. The van der Waals surface area contributed by atoms with Crippen LogP contribution in [0.1, 0.15) is 25.3 Å². The highest BCUT2D eigenvalue weighted by Crippen LogP contribution is 2.39. The van der Waals surface area contributed by atoms with E-state index in [-0.39, 0.29) is 0 Å². The van der Waals surface area contributed by atoms with Gasteiger partial charge in [-0.15, -0.1) is 0 Å². The van der Waals surface area contributed by atoms with Crippen LogP contribution in [-0.2, 0) is 6.42 Å². The number of aryl methyl sites for hydroxylation is 1. The van der Waals surface area contributed by atoms with Gasteiger partial charge in [0.1, 0.15) is 0 Å². The van der Waals surface area contributed by atoms with E-state index in [9.17, 15) is 0 Å².